The Morgan fingerprint density at radius 1 is 1.08 bits per heavy atom. The van der Waals surface area contributed by atoms with E-state index in [-0.39, 0.29) is 5.78 Å². The van der Waals surface area contributed by atoms with Crippen LogP contribution in [0.5, 0.6) is 0 Å². The van der Waals surface area contributed by atoms with Crippen molar-refractivity contribution in [3.63, 3.8) is 0 Å². The highest BCUT2D eigenvalue weighted by Gasteiger charge is 2.10. The lowest BCUT2D eigenvalue weighted by atomic mass is 10.0. The lowest BCUT2D eigenvalue weighted by molar-refractivity contribution is 0.0979. The van der Waals surface area contributed by atoms with E-state index in [0.29, 0.717) is 23.0 Å². The summed E-state index contributed by atoms with van der Waals surface area (Å²) in [4.78, 5) is 26.4. The lowest BCUT2D eigenvalue weighted by Gasteiger charge is -2.05. The second-order valence-electron chi connectivity index (χ2n) is 6.31. The number of carbonyl (C=O) groups excluding carboxylic acids is 1. The van der Waals surface area contributed by atoms with E-state index < -0.39 is 5.69 Å². The van der Waals surface area contributed by atoms with Gasteiger partial charge in [0, 0.05) is 23.8 Å². The molecule has 2 N–H and O–H groups in total. The normalized spacial score (nSPS) is 11.1. The molecular formula is C20H22ClN3O2. The van der Waals surface area contributed by atoms with Crippen LogP contribution in [0.1, 0.15) is 35.2 Å². The summed E-state index contributed by atoms with van der Waals surface area (Å²) in [6.45, 7) is 1.85. The highest BCUT2D eigenvalue weighted by Crippen LogP contribution is 2.15. The van der Waals surface area contributed by atoms with Crippen LogP contribution in [0.2, 0.25) is 0 Å². The van der Waals surface area contributed by atoms with Gasteiger partial charge in [-0.15, -0.1) is 0 Å². The molecule has 0 unspecified atom stereocenters. The predicted molar refractivity (Wildman–Crippen MR) is 105 cm³/mol. The van der Waals surface area contributed by atoms with Gasteiger partial charge in [0.1, 0.15) is 0 Å². The van der Waals surface area contributed by atoms with E-state index in [1.807, 2.05) is 6.07 Å². The second-order valence-corrected chi connectivity index (χ2v) is 6.65. The quantitative estimate of drug-likeness (QED) is 0.446. The lowest BCUT2D eigenvalue weighted by Crippen LogP contribution is -2.18. The molecular weight excluding hydrogens is 350 g/mol. The Balaban J connectivity index is 1.38. The van der Waals surface area contributed by atoms with E-state index in [2.05, 4.69) is 34.6 Å². The maximum atomic E-state index is 12.3. The fraction of sp³-hybridized carbons (Fsp3) is 0.300. The summed E-state index contributed by atoms with van der Waals surface area (Å²) < 4.78 is 1.02. The number of nitrogens with one attached hydrogen (secondary N) is 2. The van der Waals surface area contributed by atoms with Gasteiger partial charge in [0.05, 0.1) is 11.0 Å². The van der Waals surface area contributed by atoms with Crippen LogP contribution in [0, 0.1) is 0 Å². The van der Waals surface area contributed by atoms with Gasteiger partial charge in [0.25, 0.3) is 0 Å². The van der Waals surface area contributed by atoms with Crippen LogP contribution in [0.3, 0.4) is 0 Å². The molecule has 0 spiro atoms. The molecule has 136 valence electrons. The fourth-order valence-electron chi connectivity index (χ4n) is 2.94. The van der Waals surface area contributed by atoms with Crippen LogP contribution in [0.15, 0.2) is 53.3 Å². The number of aromatic nitrogens is 2. The maximum absolute atomic E-state index is 12.3. The number of imidazole rings is 1. The van der Waals surface area contributed by atoms with Gasteiger partial charge in [-0.1, -0.05) is 30.3 Å². The molecule has 0 fully saturated rings. The smallest absolute Gasteiger partial charge is 0.316 e. The van der Waals surface area contributed by atoms with Crippen molar-refractivity contribution in [3.05, 3.63) is 70.1 Å². The number of hydrogen-bond donors (Lipinski definition) is 2. The number of unbranched alkanes of at least 4 members (excludes halogenated alkanes) is 1. The summed E-state index contributed by atoms with van der Waals surface area (Å²) in [7, 11) is 0. The largest absolute Gasteiger partial charge is 0.341 e. The Kier molecular flexibility index (Phi) is 6.26. The van der Waals surface area contributed by atoms with E-state index >= 15 is 0 Å². The first kappa shape index (κ1) is 18.4. The van der Waals surface area contributed by atoms with Crippen LogP contribution in [-0.4, -0.2) is 27.9 Å². The zero-order valence-corrected chi connectivity index (χ0v) is 15.3. The number of benzene rings is 2. The van der Waals surface area contributed by atoms with E-state index in [1.54, 1.807) is 18.2 Å². The van der Waals surface area contributed by atoms with Gasteiger partial charge in [-0.05, 0) is 56.1 Å². The van der Waals surface area contributed by atoms with Gasteiger partial charge >= 0.3 is 5.69 Å². The molecule has 0 aliphatic heterocycles. The Bertz CT molecular complexity index is 931. The minimum absolute atomic E-state index is 0.0827. The molecule has 0 aliphatic carbocycles. The molecule has 0 saturated carbocycles. The van der Waals surface area contributed by atoms with Gasteiger partial charge in [-0.2, -0.15) is 0 Å². The third-order valence-corrected chi connectivity index (χ3v) is 4.73. The van der Waals surface area contributed by atoms with E-state index in [9.17, 15) is 9.59 Å². The molecule has 3 rings (SSSR count). The van der Waals surface area contributed by atoms with Gasteiger partial charge in [0.2, 0.25) is 0 Å². The van der Waals surface area contributed by atoms with E-state index in [0.717, 1.165) is 36.4 Å². The molecule has 2 aromatic carbocycles. The summed E-state index contributed by atoms with van der Waals surface area (Å²) in [5.74, 6) is 0.0827. The Morgan fingerprint density at radius 2 is 1.88 bits per heavy atom. The van der Waals surface area contributed by atoms with Crippen LogP contribution < -0.4 is 11.0 Å². The zero-order valence-electron chi connectivity index (χ0n) is 14.5. The van der Waals surface area contributed by atoms with Crippen LogP contribution in [-0.2, 0) is 6.42 Å². The number of nitrogens with zero attached hydrogens (tertiary/aromatic N) is 1. The average molecular weight is 372 g/mol. The molecule has 1 aromatic heterocycles. The van der Waals surface area contributed by atoms with Crippen molar-refractivity contribution in [2.45, 2.75) is 25.7 Å². The Morgan fingerprint density at radius 3 is 2.69 bits per heavy atom. The molecule has 5 nitrogen and oxygen atoms in total. The summed E-state index contributed by atoms with van der Waals surface area (Å²) in [6, 6.07) is 15.5. The highest BCUT2D eigenvalue weighted by molar-refractivity contribution is 6.18. The van der Waals surface area contributed by atoms with Crippen molar-refractivity contribution < 1.29 is 4.79 Å². The predicted octanol–water partition coefficient (Wildman–Crippen LogP) is 3.52. The van der Waals surface area contributed by atoms with Crippen LogP contribution in [0.4, 0.5) is 0 Å². The molecule has 0 bridgehead atoms. The first-order valence-electron chi connectivity index (χ1n) is 8.84. The number of ketones is 1. The number of rotatable bonds is 9. The van der Waals surface area contributed by atoms with Gasteiger partial charge in [-0.3, -0.25) is 4.79 Å². The Hall–Kier alpha value is -2.37. The number of hydrogen-bond acceptors (Lipinski definition) is 3. The molecule has 0 aliphatic rings. The topological polar surface area (TPSA) is 66.9 Å². The van der Waals surface area contributed by atoms with Crippen molar-refractivity contribution >= 4 is 28.6 Å². The maximum Gasteiger partial charge on any atom is 0.341 e. The van der Waals surface area contributed by atoms with Crippen molar-refractivity contribution in [3.8, 4) is 0 Å². The number of Topliss-reactive ketones (excluding diaryl/α,β-unsaturated/α-hetero) is 1. The number of fused-ring (bicyclic) bond motifs is 1. The Labute approximate surface area is 157 Å². The second kappa shape index (κ2) is 8.83. The van der Waals surface area contributed by atoms with Gasteiger partial charge < -0.3 is 10.3 Å². The van der Waals surface area contributed by atoms with Crippen molar-refractivity contribution in [1.82, 2.24) is 14.4 Å². The monoisotopic (exact) mass is 371 g/mol. The van der Waals surface area contributed by atoms with Gasteiger partial charge in [0.15, 0.2) is 5.78 Å². The van der Waals surface area contributed by atoms with Crippen LogP contribution >= 0.6 is 11.8 Å². The summed E-state index contributed by atoms with van der Waals surface area (Å²) in [5, 5.41) is 3.41. The minimum atomic E-state index is -0.396. The molecule has 0 saturated heterocycles. The number of aromatic amines is 1. The molecule has 26 heavy (non-hydrogen) atoms. The summed E-state index contributed by atoms with van der Waals surface area (Å²) >= 11 is 5.84. The average Bonchev–Trinajstić information content (AvgIpc) is 2.95. The summed E-state index contributed by atoms with van der Waals surface area (Å²) in [6.07, 6.45) is 3.30. The van der Waals surface area contributed by atoms with Crippen molar-refractivity contribution in [2.75, 3.05) is 13.1 Å². The molecule has 1 heterocycles. The standard InChI is InChI=1S/C20H22ClN3O2/c21-24-18-10-9-16(14-17(18)23-20(24)26)19(25)8-4-5-12-22-13-11-15-6-2-1-3-7-15/h1-3,6-7,9-10,14,22H,4-5,8,11-13H2,(H,23,26). The SMILES string of the molecule is O=C(CCCCNCCc1ccccc1)c1ccc2c(c1)[nH]c(=O)n2Cl. The number of H-pyrrole nitrogens is 1. The van der Waals surface area contributed by atoms with E-state index in [4.69, 9.17) is 11.8 Å². The fourth-order valence-corrected chi connectivity index (χ4v) is 3.13. The molecule has 6 heteroatoms. The van der Waals surface area contributed by atoms with E-state index in [1.165, 1.54) is 5.56 Å². The molecule has 3 aromatic rings. The first-order chi connectivity index (χ1) is 12.6. The van der Waals surface area contributed by atoms with Crippen molar-refractivity contribution in [1.29, 1.82) is 0 Å². The molecule has 0 radical (unpaired) electrons. The third-order valence-electron chi connectivity index (χ3n) is 4.39. The highest BCUT2D eigenvalue weighted by atomic mass is 35.5. The minimum Gasteiger partial charge on any atom is -0.316 e. The summed E-state index contributed by atoms with van der Waals surface area (Å²) in [5.41, 5.74) is 2.70. The first-order valence-corrected chi connectivity index (χ1v) is 9.18. The van der Waals surface area contributed by atoms with Gasteiger partial charge in [-0.25, -0.2) is 8.88 Å². The molecule has 0 atom stereocenters. The van der Waals surface area contributed by atoms with Crippen LogP contribution in [0.25, 0.3) is 11.0 Å². The third kappa shape index (κ3) is 4.62. The van der Waals surface area contributed by atoms with Crippen molar-refractivity contribution in [2.24, 2.45) is 0 Å². The number of carbonyl (C=O) groups is 1. The zero-order chi connectivity index (χ0) is 18.4. The number of halogens is 1. The molecule has 0 amide bonds.